The summed E-state index contributed by atoms with van der Waals surface area (Å²) < 4.78 is 65.9. The number of piperidine rings is 1. The first-order chi connectivity index (χ1) is 14.5. The number of amides is 1. The Kier molecular flexibility index (Phi) is 7.19. The lowest BCUT2D eigenvalue weighted by Crippen LogP contribution is -2.41. The molecule has 0 atom stereocenters. The third kappa shape index (κ3) is 5.51. The van der Waals surface area contributed by atoms with Crippen molar-refractivity contribution >= 4 is 45.0 Å². The molecule has 1 amide bonds. The van der Waals surface area contributed by atoms with E-state index < -0.39 is 37.6 Å². The first kappa shape index (κ1) is 23.8. The van der Waals surface area contributed by atoms with Gasteiger partial charge in [-0.25, -0.2) is 13.4 Å². The van der Waals surface area contributed by atoms with Gasteiger partial charge in [-0.3, -0.25) is 4.79 Å². The minimum atomic E-state index is -4.77. The molecule has 6 nitrogen and oxygen atoms in total. The van der Waals surface area contributed by atoms with Crippen LogP contribution in [0.3, 0.4) is 0 Å². The van der Waals surface area contributed by atoms with Gasteiger partial charge in [0.25, 0.3) is 0 Å². The lowest BCUT2D eigenvalue weighted by Gasteiger charge is -2.30. The van der Waals surface area contributed by atoms with Crippen LogP contribution in [0.4, 0.5) is 18.9 Å². The predicted octanol–water partition coefficient (Wildman–Crippen LogP) is 4.52. The Hall–Kier alpha value is -1.82. The quantitative estimate of drug-likeness (QED) is 0.620. The standard InChI is InChI=1S/C19H19ClF3N3O3S2/c1-30-17-5-2-13(11-24-17)25-18(27)12-6-8-26(9-7-12)31(28,29)14-3-4-16(20)15(10-14)19(21,22)23/h2-5,10-12H,6-9H2,1H3,(H,25,27). The van der Waals surface area contributed by atoms with E-state index in [0.29, 0.717) is 11.8 Å². The van der Waals surface area contributed by atoms with E-state index in [4.69, 9.17) is 11.6 Å². The van der Waals surface area contributed by atoms with Gasteiger partial charge in [-0.15, -0.1) is 11.8 Å². The van der Waals surface area contributed by atoms with Crippen LogP contribution < -0.4 is 5.32 Å². The zero-order valence-corrected chi connectivity index (χ0v) is 18.7. The molecule has 1 aromatic carbocycles. The highest BCUT2D eigenvalue weighted by Gasteiger charge is 2.37. The molecule has 31 heavy (non-hydrogen) atoms. The van der Waals surface area contributed by atoms with Crippen molar-refractivity contribution < 1.29 is 26.4 Å². The molecule has 1 saturated heterocycles. The van der Waals surface area contributed by atoms with E-state index in [1.165, 1.54) is 11.8 Å². The van der Waals surface area contributed by atoms with Gasteiger partial charge in [0.1, 0.15) is 0 Å². The summed E-state index contributed by atoms with van der Waals surface area (Å²) in [5.74, 6) is -0.663. The number of sulfonamides is 1. The second-order valence-corrected chi connectivity index (χ2v) is 10.1. The van der Waals surface area contributed by atoms with Gasteiger partial charge in [-0.2, -0.15) is 17.5 Å². The molecule has 1 fully saturated rings. The van der Waals surface area contributed by atoms with Gasteiger partial charge in [-0.05, 0) is 49.4 Å². The smallest absolute Gasteiger partial charge is 0.324 e. The largest absolute Gasteiger partial charge is 0.417 e. The summed E-state index contributed by atoms with van der Waals surface area (Å²) in [5.41, 5.74) is -0.663. The minimum Gasteiger partial charge on any atom is -0.324 e. The SMILES string of the molecule is CSc1ccc(NC(=O)C2CCN(S(=O)(=O)c3ccc(Cl)c(C(F)(F)F)c3)CC2)cn1. The first-order valence-electron chi connectivity index (χ1n) is 9.20. The highest BCUT2D eigenvalue weighted by Crippen LogP contribution is 2.36. The molecule has 0 spiro atoms. The summed E-state index contributed by atoms with van der Waals surface area (Å²) in [5, 5.41) is 3.00. The third-order valence-corrected chi connectivity index (χ3v) is 7.80. The van der Waals surface area contributed by atoms with Gasteiger partial charge < -0.3 is 5.32 Å². The maximum absolute atomic E-state index is 13.1. The molecule has 0 unspecified atom stereocenters. The van der Waals surface area contributed by atoms with Gasteiger partial charge in [0, 0.05) is 19.0 Å². The molecule has 1 aromatic heterocycles. The molecule has 0 radical (unpaired) electrons. The van der Waals surface area contributed by atoms with Crippen molar-refractivity contribution in [3.63, 3.8) is 0 Å². The Labute approximate surface area is 187 Å². The zero-order valence-electron chi connectivity index (χ0n) is 16.3. The fourth-order valence-electron chi connectivity index (χ4n) is 3.21. The maximum Gasteiger partial charge on any atom is 0.417 e. The van der Waals surface area contributed by atoms with Crippen molar-refractivity contribution in [3.8, 4) is 0 Å². The number of anilines is 1. The molecule has 2 aromatic rings. The molecule has 0 bridgehead atoms. The normalized spacial score (nSPS) is 16.3. The molecule has 0 saturated carbocycles. The summed E-state index contributed by atoms with van der Waals surface area (Å²) in [6.45, 7) is 0.0438. The van der Waals surface area contributed by atoms with Crippen molar-refractivity contribution in [1.82, 2.24) is 9.29 Å². The second-order valence-electron chi connectivity index (χ2n) is 6.90. The van der Waals surface area contributed by atoms with Crippen LogP contribution in [0.1, 0.15) is 18.4 Å². The summed E-state index contributed by atoms with van der Waals surface area (Å²) in [4.78, 5) is 16.2. The number of hydrogen-bond donors (Lipinski definition) is 1. The summed E-state index contributed by atoms with van der Waals surface area (Å²) in [6, 6.07) is 6.03. The van der Waals surface area contributed by atoms with Crippen molar-refractivity contribution in [3.05, 3.63) is 47.1 Å². The lowest BCUT2D eigenvalue weighted by molar-refractivity contribution is -0.137. The Morgan fingerprint density at radius 2 is 1.90 bits per heavy atom. The van der Waals surface area contributed by atoms with E-state index in [1.54, 1.807) is 18.3 Å². The molecular weight excluding hydrogens is 475 g/mol. The number of nitrogens with zero attached hydrogens (tertiary/aromatic N) is 2. The number of hydrogen-bond acceptors (Lipinski definition) is 5. The summed E-state index contributed by atoms with van der Waals surface area (Å²) in [6.07, 6.45) is -0.836. The van der Waals surface area contributed by atoms with Crippen molar-refractivity contribution in [2.75, 3.05) is 24.7 Å². The molecular formula is C19H19ClF3N3O3S2. The van der Waals surface area contributed by atoms with Crippen LogP contribution in [0, 0.1) is 5.92 Å². The first-order valence-corrected chi connectivity index (χ1v) is 12.2. The number of halogens is 4. The summed E-state index contributed by atoms with van der Waals surface area (Å²) in [7, 11) is -4.15. The molecule has 3 rings (SSSR count). The van der Waals surface area contributed by atoms with Crippen molar-refractivity contribution in [1.29, 1.82) is 0 Å². The fraction of sp³-hybridized carbons (Fsp3) is 0.368. The minimum absolute atomic E-state index is 0.0219. The molecule has 1 aliphatic rings. The molecule has 1 aliphatic heterocycles. The Bertz CT molecular complexity index is 1060. The van der Waals surface area contributed by atoms with Crippen molar-refractivity contribution in [2.24, 2.45) is 5.92 Å². The van der Waals surface area contributed by atoms with Crippen LogP contribution in [0.5, 0.6) is 0 Å². The van der Waals surface area contributed by atoms with Crippen LogP contribution in [-0.4, -0.2) is 43.0 Å². The number of carbonyl (C=O) groups is 1. The van der Waals surface area contributed by atoms with E-state index in [1.807, 2.05) is 6.26 Å². The van der Waals surface area contributed by atoms with Crippen molar-refractivity contribution in [2.45, 2.75) is 28.9 Å². The maximum atomic E-state index is 13.1. The van der Waals surface area contributed by atoms with Gasteiger partial charge in [0.2, 0.25) is 15.9 Å². The summed E-state index contributed by atoms with van der Waals surface area (Å²) >= 11 is 7.05. The van der Waals surface area contributed by atoms with Crippen LogP contribution >= 0.6 is 23.4 Å². The number of nitrogens with one attached hydrogen (secondary N) is 1. The van der Waals surface area contributed by atoms with Gasteiger partial charge in [-0.1, -0.05) is 11.6 Å². The number of rotatable bonds is 5. The molecule has 0 aliphatic carbocycles. The van der Waals surface area contributed by atoms with Crippen LogP contribution in [0.25, 0.3) is 0 Å². The monoisotopic (exact) mass is 493 g/mol. The van der Waals surface area contributed by atoms with E-state index in [0.717, 1.165) is 21.5 Å². The molecule has 12 heteroatoms. The number of aromatic nitrogens is 1. The van der Waals surface area contributed by atoms with Gasteiger partial charge in [0.05, 0.1) is 32.4 Å². The molecule has 2 heterocycles. The third-order valence-electron chi connectivity index (χ3n) is 4.92. The second kappa shape index (κ2) is 9.35. The number of carbonyl (C=O) groups excluding carboxylic acids is 1. The number of benzene rings is 1. The van der Waals surface area contributed by atoms with Gasteiger partial charge in [0.15, 0.2) is 0 Å². The van der Waals surface area contributed by atoms with Gasteiger partial charge >= 0.3 is 6.18 Å². The Balaban J connectivity index is 1.66. The van der Waals surface area contributed by atoms with Crippen LogP contribution in [0.15, 0.2) is 46.5 Å². The average molecular weight is 494 g/mol. The highest BCUT2D eigenvalue weighted by atomic mass is 35.5. The Morgan fingerprint density at radius 3 is 2.45 bits per heavy atom. The number of alkyl halides is 3. The lowest BCUT2D eigenvalue weighted by atomic mass is 9.97. The van der Waals surface area contributed by atoms with Crippen LogP contribution in [-0.2, 0) is 21.0 Å². The van der Waals surface area contributed by atoms with E-state index >= 15 is 0 Å². The molecule has 168 valence electrons. The Morgan fingerprint density at radius 1 is 1.23 bits per heavy atom. The number of thioether (sulfide) groups is 1. The van der Waals surface area contributed by atoms with E-state index in [-0.39, 0.29) is 31.8 Å². The highest BCUT2D eigenvalue weighted by molar-refractivity contribution is 7.98. The molecule has 1 N–H and O–H groups in total. The number of pyridine rings is 1. The van der Waals surface area contributed by atoms with E-state index in [2.05, 4.69) is 10.3 Å². The van der Waals surface area contributed by atoms with E-state index in [9.17, 15) is 26.4 Å². The van der Waals surface area contributed by atoms with Crippen LogP contribution in [0.2, 0.25) is 5.02 Å². The fourth-order valence-corrected chi connectivity index (χ4v) is 5.29. The average Bonchev–Trinajstić information content (AvgIpc) is 2.73. The zero-order chi connectivity index (χ0) is 22.8. The topological polar surface area (TPSA) is 79.4 Å². The predicted molar refractivity (Wildman–Crippen MR) is 113 cm³/mol.